The lowest BCUT2D eigenvalue weighted by Crippen LogP contribution is -2.18. The molecule has 3 rings (SSSR count). The molecule has 26 heavy (non-hydrogen) atoms. The van der Waals surface area contributed by atoms with E-state index in [-0.39, 0.29) is 5.91 Å². The van der Waals surface area contributed by atoms with Gasteiger partial charge in [0.25, 0.3) is 0 Å². The Morgan fingerprint density at radius 1 is 1.23 bits per heavy atom. The number of carbonyl (C=O) groups is 1. The van der Waals surface area contributed by atoms with Crippen LogP contribution in [0.5, 0.6) is 0 Å². The second-order valence-corrected chi connectivity index (χ2v) is 7.12. The second-order valence-electron chi connectivity index (χ2n) is 7.12. The predicted molar refractivity (Wildman–Crippen MR) is 104 cm³/mol. The van der Waals surface area contributed by atoms with E-state index in [1.807, 2.05) is 54.3 Å². The standard InChI is InChI=1S/C20H27N5O/c1-6-24-18-10-8-7-9-17(18)21-20(24)22-19(26)11-16-14(4)23-25(15(16)5)12-13(2)3/h7-10,13H,6,11-12H2,1-5H3,(H,21,22,26). The molecule has 0 saturated carbocycles. The Kier molecular flexibility index (Phi) is 5.11. The lowest BCUT2D eigenvalue weighted by atomic mass is 10.1. The van der Waals surface area contributed by atoms with Crippen LogP contribution in [0, 0.1) is 19.8 Å². The Balaban J connectivity index is 1.81. The number of nitrogens with zero attached hydrogens (tertiary/aromatic N) is 4. The summed E-state index contributed by atoms with van der Waals surface area (Å²) in [6.45, 7) is 12.0. The number of para-hydroxylation sites is 2. The average Bonchev–Trinajstić information content (AvgIpc) is 3.06. The van der Waals surface area contributed by atoms with Gasteiger partial charge in [-0.15, -0.1) is 0 Å². The summed E-state index contributed by atoms with van der Waals surface area (Å²) in [6.07, 6.45) is 0.308. The van der Waals surface area contributed by atoms with Gasteiger partial charge in [-0.1, -0.05) is 26.0 Å². The molecule has 3 aromatic rings. The molecule has 0 unspecified atom stereocenters. The second kappa shape index (κ2) is 7.32. The van der Waals surface area contributed by atoms with Crippen molar-refractivity contribution in [2.45, 2.75) is 54.1 Å². The molecule has 0 atom stereocenters. The average molecular weight is 353 g/mol. The molecule has 0 aliphatic rings. The van der Waals surface area contributed by atoms with Crippen LogP contribution in [0.2, 0.25) is 0 Å². The molecule has 2 heterocycles. The molecular weight excluding hydrogens is 326 g/mol. The molecule has 6 nitrogen and oxygen atoms in total. The van der Waals surface area contributed by atoms with Crippen LogP contribution in [-0.4, -0.2) is 25.2 Å². The fraction of sp³-hybridized carbons (Fsp3) is 0.450. The topological polar surface area (TPSA) is 64.7 Å². The number of nitrogens with one attached hydrogen (secondary N) is 1. The minimum absolute atomic E-state index is 0.0645. The number of fused-ring (bicyclic) bond motifs is 1. The maximum atomic E-state index is 12.7. The van der Waals surface area contributed by atoms with E-state index in [1.54, 1.807) is 0 Å². The Morgan fingerprint density at radius 2 is 1.96 bits per heavy atom. The van der Waals surface area contributed by atoms with Crippen molar-refractivity contribution in [1.29, 1.82) is 0 Å². The van der Waals surface area contributed by atoms with Crippen molar-refractivity contribution in [2.24, 2.45) is 5.92 Å². The first-order valence-corrected chi connectivity index (χ1v) is 9.18. The molecule has 0 saturated heterocycles. The molecule has 0 fully saturated rings. The number of hydrogen-bond donors (Lipinski definition) is 1. The van der Waals surface area contributed by atoms with Crippen molar-refractivity contribution >= 4 is 22.9 Å². The van der Waals surface area contributed by atoms with Gasteiger partial charge in [-0.2, -0.15) is 5.10 Å². The van der Waals surface area contributed by atoms with Gasteiger partial charge in [-0.3, -0.25) is 14.8 Å². The maximum Gasteiger partial charge on any atom is 0.231 e. The van der Waals surface area contributed by atoms with Gasteiger partial charge >= 0.3 is 0 Å². The molecule has 0 bridgehead atoms. The fourth-order valence-corrected chi connectivity index (χ4v) is 3.33. The fourth-order valence-electron chi connectivity index (χ4n) is 3.33. The minimum atomic E-state index is -0.0645. The van der Waals surface area contributed by atoms with Gasteiger partial charge in [0.2, 0.25) is 11.9 Å². The van der Waals surface area contributed by atoms with Crippen molar-refractivity contribution in [3.8, 4) is 0 Å². The SMILES string of the molecule is CCn1c(NC(=O)Cc2c(C)nn(CC(C)C)c2C)nc2ccccc21. The lowest BCUT2D eigenvalue weighted by Gasteiger charge is -2.09. The van der Waals surface area contributed by atoms with Crippen LogP contribution in [0.1, 0.15) is 37.7 Å². The van der Waals surface area contributed by atoms with Gasteiger partial charge in [0.1, 0.15) is 0 Å². The van der Waals surface area contributed by atoms with Crippen molar-refractivity contribution < 1.29 is 4.79 Å². The first-order valence-electron chi connectivity index (χ1n) is 9.18. The van der Waals surface area contributed by atoms with E-state index in [9.17, 15) is 4.79 Å². The van der Waals surface area contributed by atoms with Crippen molar-refractivity contribution in [2.75, 3.05) is 5.32 Å². The molecule has 6 heteroatoms. The summed E-state index contributed by atoms with van der Waals surface area (Å²) < 4.78 is 4.03. The Hall–Kier alpha value is -2.63. The number of benzene rings is 1. The van der Waals surface area contributed by atoms with Crippen LogP contribution in [0.25, 0.3) is 11.0 Å². The van der Waals surface area contributed by atoms with Crippen molar-refractivity contribution in [1.82, 2.24) is 19.3 Å². The third-order valence-electron chi connectivity index (χ3n) is 4.63. The third-order valence-corrected chi connectivity index (χ3v) is 4.63. The first kappa shape index (κ1) is 18.2. The van der Waals surface area contributed by atoms with E-state index in [0.717, 1.165) is 41.1 Å². The molecule has 1 N–H and O–H groups in total. The number of aryl methyl sites for hydroxylation is 2. The minimum Gasteiger partial charge on any atom is -0.310 e. The maximum absolute atomic E-state index is 12.7. The zero-order valence-electron chi connectivity index (χ0n) is 16.2. The van der Waals surface area contributed by atoms with E-state index in [1.165, 1.54) is 0 Å². The van der Waals surface area contributed by atoms with Crippen LogP contribution >= 0.6 is 0 Å². The highest BCUT2D eigenvalue weighted by Gasteiger charge is 2.17. The molecule has 0 aliphatic carbocycles. The smallest absolute Gasteiger partial charge is 0.231 e. The molecule has 0 spiro atoms. The van der Waals surface area contributed by atoms with E-state index >= 15 is 0 Å². The number of imidazole rings is 1. The number of hydrogen-bond acceptors (Lipinski definition) is 3. The van der Waals surface area contributed by atoms with E-state index < -0.39 is 0 Å². The molecule has 0 radical (unpaired) electrons. The van der Waals surface area contributed by atoms with Gasteiger partial charge in [0.05, 0.1) is 23.1 Å². The zero-order chi connectivity index (χ0) is 18.8. The normalized spacial score (nSPS) is 11.5. The molecular formula is C20H27N5O. The van der Waals surface area contributed by atoms with Crippen LogP contribution in [0.3, 0.4) is 0 Å². The molecule has 138 valence electrons. The summed E-state index contributed by atoms with van der Waals surface area (Å²) in [5.41, 5.74) is 4.91. The summed E-state index contributed by atoms with van der Waals surface area (Å²) in [6, 6.07) is 7.92. The van der Waals surface area contributed by atoms with Crippen molar-refractivity contribution in [3.63, 3.8) is 0 Å². The van der Waals surface area contributed by atoms with Gasteiger partial charge in [0, 0.05) is 24.3 Å². The number of carbonyl (C=O) groups excluding carboxylic acids is 1. The van der Waals surface area contributed by atoms with Gasteiger partial charge in [-0.05, 0) is 38.8 Å². The van der Waals surface area contributed by atoms with Crippen molar-refractivity contribution in [3.05, 3.63) is 41.2 Å². The summed E-state index contributed by atoms with van der Waals surface area (Å²) in [7, 11) is 0. The Bertz CT molecular complexity index is 935. The summed E-state index contributed by atoms with van der Waals surface area (Å²) in [5, 5.41) is 7.57. The number of aromatic nitrogens is 4. The third kappa shape index (κ3) is 3.49. The predicted octanol–water partition coefficient (Wildman–Crippen LogP) is 3.71. The van der Waals surface area contributed by atoms with E-state index in [2.05, 4.69) is 29.2 Å². The van der Waals surface area contributed by atoms with Crippen LogP contribution < -0.4 is 5.32 Å². The summed E-state index contributed by atoms with van der Waals surface area (Å²) in [4.78, 5) is 17.2. The molecule has 1 aromatic carbocycles. The molecule has 0 aliphatic heterocycles. The Morgan fingerprint density at radius 3 is 2.65 bits per heavy atom. The highest BCUT2D eigenvalue weighted by molar-refractivity contribution is 5.93. The Labute approximate surface area is 154 Å². The van der Waals surface area contributed by atoms with Gasteiger partial charge < -0.3 is 4.57 Å². The first-order chi connectivity index (χ1) is 12.4. The summed E-state index contributed by atoms with van der Waals surface area (Å²) >= 11 is 0. The van der Waals surface area contributed by atoms with Crippen LogP contribution in [0.15, 0.2) is 24.3 Å². The lowest BCUT2D eigenvalue weighted by molar-refractivity contribution is -0.115. The largest absolute Gasteiger partial charge is 0.310 e. The number of rotatable bonds is 6. The highest BCUT2D eigenvalue weighted by atomic mass is 16.1. The van der Waals surface area contributed by atoms with Crippen LogP contribution in [-0.2, 0) is 24.3 Å². The zero-order valence-corrected chi connectivity index (χ0v) is 16.2. The monoisotopic (exact) mass is 353 g/mol. The van der Waals surface area contributed by atoms with Gasteiger partial charge in [0.15, 0.2) is 0 Å². The summed E-state index contributed by atoms with van der Waals surface area (Å²) in [5.74, 6) is 1.05. The van der Waals surface area contributed by atoms with E-state index in [0.29, 0.717) is 18.3 Å². The van der Waals surface area contributed by atoms with Crippen LogP contribution in [0.4, 0.5) is 5.95 Å². The molecule has 2 aromatic heterocycles. The van der Waals surface area contributed by atoms with E-state index in [4.69, 9.17) is 0 Å². The highest BCUT2D eigenvalue weighted by Crippen LogP contribution is 2.20. The quantitative estimate of drug-likeness (QED) is 0.735. The molecule has 1 amide bonds. The number of anilines is 1. The van der Waals surface area contributed by atoms with Gasteiger partial charge in [-0.25, -0.2) is 4.98 Å². The number of amides is 1.